The minimum absolute atomic E-state index is 0.0857. The molecule has 0 aromatic carbocycles. The van der Waals surface area contributed by atoms with Crippen LogP contribution in [-0.2, 0) is 0 Å². The van der Waals surface area contributed by atoms with E-state index in [1.807, 2.05) is 13.8 Å². The van der Waals surface area contributed by atoms with Crippen LogP contribution >= 0.6 is 0 Å². The zero-order valence-electron chi connectivity index (χ0n) is 12.6. The van der Waals surface area contributed by atoms with Crippen molar-refractivity contribution in [3.63, 3.8) is 0 Å². The van der Waals surface area contributed by atoms with E-state index in [0.717, 1.165) is 6.42 Å². The third-order valence-electron chi connectivity index (χ3n) is 2.89. The number of hydrogen-bond acceptors (Lipinski definition) is 4. The van der Waals surface area contributed by atoms with Crippen LogP contribution in [0, 0.1) is 22.5 Å². The van der Waals surface area contributed by atoms with Crippen molar-refractivity contribution in [3.8, 4) is 0 Å². The van der Waals surface area contributed by atoms with Gasteiger partial charge in [0.1, 0.15) is 5.69 Å². The summed E-state index contributed by atoms with van der Waals surface area (Å²) in [5.41, 5.74) is 0.735. The molecule has 1 heterocycles. The maximum atomic E-state index is 11.2. The van der Waals surface area contributed by atoms with E-state index in [4.69, 9.17) is 0 Å². The molecule has 0 saturated carbocycles. The van der Waals surface area contributed by atoms with Crippen molar-refractivity contribution in [2.45, 2.75) is 54.0 Å². The Morgan fingerprint density at radius 3 is 2.42 bits per heavy atom. The van der Waals surface area contributed by atoms with Crippen LogP contribution in [-0.4, -0.2) is 21.2 Å². The van der Waals surface area contributed by atoms with Crippen molar-refractivity contribution in [1.29, 1.82) is 0 Å². The first-order valence-electron chi connectivity index (χ1n) is 6.61. The quantitative estimate of drug-likeness (QED) is 0.655. The number of nitrogens with one attached hydrogen (secondary N) is 1. The monoisotopic (exact) mass is 268 g/mol. The predicted octanol–water partition coefficient (Wildman–Crippen LogP) is 3.53. The zero-order valence-corrected chi connectivity index (χ0v) is 12.6. The molecule has 1 rings (SSSR count). The van der Waals surface area contributed by atoms with Crippen LogP contribution in [0.15, 0.2) is 0 Å². The van der Waals surface area contributed by atoms with E-state index >= 15 is 0 Å². The summed E-state index contributed by atoms with van der Waals surface area (Å²) in [4.78, 5) is 10.8. The van der Waals surface area contributed by atoms with Crippen LogP contribution in [0.25, 0.3) is 0 Å². The molecule has 6 heteroatoms. The Hall–Kier alpha value is -1.59. The van der Waals surface area contributed by atoms with Crippen molar-refractivity contribution in [2.75, 3.05) is 11.9 Å². The van der Waals surface area contributed by atoms with E-state index in [2.05, 4.69) is 31.2 Å². The number of rotatable bonds is 5. The molecule has 1 aromatic heterocycles. The molecule has 0 unspecified atom stereocenters. The number of nitro groups is 1. The lowest BCUT2D eigenvalue weighted by atomic mass is 9.92. The van der Waals surface area contributed by atoms with Gasteiger partial charge >= 0.3 is 5.69 Å². The van der Waals surface area contributed by atoms with Gasteiger partial charge in [-0.25, -0.2) is 4.68 Å². The van der Waals surface area contributed by atoms with Crippen molar-refractivity contribution in [1.82, 2.24) is 9.78 Å². The molecule has 0 aliphatic rings. The van der Waals surface area contributed by atoms with E-state index in [1.54, 1.807) is 11.6 Å². The topological polar surface area (TPSA) is 73.0 Å². The number of hydrogen-bond donors (Lipinski definition) is 1. The summed E-state index contributed by atoms with van der Waals surface area (Å²) in [5.74, 6) is 0.516. The molecule has 0 radical (unpaired) electrons. The van der Waals surface area contributed by atoms with Crippen molar-refractivity contribution < 1.29 is 4.92 Å². The smallest absolute Gasteiger partial charge is 0.333 e. The number of aromatic nitrogens is 2. The van der Waals surface area contributed by atoms with E-state index in [9.17, 15) is 10.1 Å². The van der Waals surface area contributed by atoms with Crippen molar-refractivity contribution >= 4 is 11.5 Å². The van der Waals surface area contributed by atoms with Gasteiger partial charge in [0.25, 0.3) is 0 Å². The van der Waals surface area contributed by atoms with E-state index in [-0.39, 0.29) is 22.1 Å². The molecule has 108 valence electrons. The van der Waals surface area contributed by atoms with Crippen LogP contribution in [0.4, 0.5) is 11.5 Å². The molecule has 19 heavy (non-hydrogen) atoms. The lowest BCUT2D eigenvalue weighted by Gasteiger charge is -2.19. The zero-order chi connectivity index (χ0) is 14.8. The average molecular weight is 268 g/mol. The standard InChI is InChI=1S/C13H24N4O2/c1-9(2)16-12(14-8-7-13(4,5)6)11(17(18)19)10(3)15-16/h9,14H,7-8H2,1-6H3. The summed E-state index contributed by atoms with van der Waals surface area (Å²) in [7, 11) is 0. The molecular weight excluding hydrogens is 244 g/mol. The number of nitrogens with zero attached hydrogens (tertiary/aromatic N) is 3. The summed E-state index contributed by atoms with van der Waals surface area (Å²) >= 11 is 0. The Morgan fingerprint density at radius 1 is 1.42 bits per heavy atom. The van der Waals surface area contributed by atoms with Gasteiger partial charge in [0.05, 0.1) is 4.92 Å². The highest BCUT2D eigenvalue weighted by atomic mass is 16.6. The van der Waals surface area contributed by atoms with E-state index < -0.39 is 0 Å². The Morgan fingerprint density at radius 2 is 2.00 bits per heavy atom. The Labute approximate surface area is 114 Å². The van der Waals surface area contributed by atoms with E-state index in [1.165, 1.54) is 0 Å². The van der Waals surface area contributed by atoms with Gasteiger partial charge in [-0.1, -0.05) is 20.8 Å². The highest BCUT2D eigenvalue weighted by molar-refractivity contribution is 5.59. The van der Waals surface area contributed by atoms with Crippen LogP contribution in [0.1, 0.15) is 52.8 Å². The summed E-state index contributed by atoms with van der Waals surface area (Å²) in [6.45, 7) is 12.7. The van der Waals surface area contributed by atoms with Crippen LogP contribution in [0.5, 0.6) is 0 Å². The molecule has 0 aliphatic carbocycles. The highest BCUT2D eigenvalue weighted by Gasteiger charge is 2.26. The van der Waals surface area contributed by atoms with Gasteiger partial charge in [0.2, 0.25) is 5.82 Å². The summed E-state index contributed by atoms with van der Waals surface area (Å²) < 4.78 is 1.69. The van der Waals surface area contributed by atoms with Crippen molar-refractivity contribution in [2.24, 2.45) is 5.41 Å². The normalized spacial score (nSPS) is 11.9. The van der Waals surface area contributed by atoms with Gasteiger partial charge in [-0.3, -0.25) is 10.1 Å². The SMILES string of the molecule is Cc1nn(C(C)C)c(NCCC(C)(C)C)c1[N+](=O)[O-]. The molecule has 6 nitrogen and oxygen atoms in total. The second-order valence-electron chi connectivity index (χ2n) is 6.32. The van der Waals surface area contributed by atoms with Gasteiger partial charge in [-0.15, -0.1) is 0 Å². The first-order valence-corrected chi connectivity index (χ1v) is 6.61. The first-order chi connectivity index (χ1) is 8.63. The second-order valence-corrected chi connectivity index (χ2v) is 6.32. The lowest BCUT2D eigenvalue weighted by molar-refractivity contribution is -0.384. The van der Waals surface area contributed by atoms with Gasteiger partial charge in [-0.2, -0.15) is 5.10 Å². The molecule has 0 amide bonds. The molecule has 0 aliphatic heterocycles. The fourth-order valence-corrected chi connectivity index (χ4v) is 1.85. The minimum Gasteiger partial charge on any atom is -0.364 e. The molecule has 0 spiro atoms. The molecule has 0 atom stereocenters. The molecule has 0 fully saturated rings. The largest absolute Gasteiger partial charge is 0.364 e. The fraction of sp³-hybridized carbons (Fsp3) is 0.769. The van der Waals surface area contributed by atoms with Crippen LogP contribution in [0.3, 0.4) is 0 Å². The predicted molar refractivity (Wildman–Crippen MR) is 76.6 cm³/mol. The second kappa shape index (κ2) is 5.59. The minimum atomic E-state index is -0.360. The molecule has 0 bridgehead atoms. The van der Waals surface area contributed by atoms with Crippen LogP contribution in [0.2, 0.25) is 0 Å². The van der Waals surface area contributed by atoms with E-state index in [0.29, 0.717) is 18.1 Å². The maximum Gasteiger partial charge on any atom is 0.333 e. The molecule has 0 saturated heterocycles. The van der Waals surface area contributed by atoms with Gasteiger partial charge in [0, 0.05) is 12.6 Å². The molecule has 1 aromatic rings. The summed E-state index contributed by atoms with van der Waals surface area (Å²) in [6, 6.07) is 0.0875. The number of anilines is 1. The maximum absolute atomic E-state index is 11.2. The Bertz CT molecular complexity index is 458. The third-order valence-corrected chi connectivity index (χ3v) is 2.89. The van der Waals surface area contributed by atoms with Gasteiger partial charge in [0.15, 0.2) is 0 Å². The van der Waals surface area contributed by atoms with Crippen molar-refractivity contribution in [3.05, 3.63) is 15.8 Å². The third kappa shape index (κ3) is 3.94. The van der Waals surface area contributed by atoms with Crippen LogP contribution < -0.4 is 5.32 Å². The number of aryl methyl sites for hydroxylation is 1. The van der Waals surface area contributed by atoms with Gasteiger partial charge < -0.3 is 5.32 Å². The lowest BCUT2D eigenvalue weighted by Crippen LogP contribution is -2.16. The Kier molecular flexibility index (Phi) is 4.55. The summed E-state index contributed by atoms with van der Waals surface area (Å²) in [5, 5.41) is 18.6. The molecular formula is C13H24N4O2. The van der Waals surface area contributed by atoms with Gasteiger partial charge in [-0.05, 0) is 32.6 Å². The summed E-state index contributed by atoms with van der Waals surface area (Å²) in [6.07, 6.45) is 0.937. The first kappa shape index (κ1) is 15.5. The Balaban J connectivity index is 2.99. The fourth-order valence-electron chi connectivity index (χ4n) is 1.85. The highest BCUT2D eigenvalue weighted by Crippen LogP contribution is 2.31. The molecule has 1 N–H and O–H groups in total. The average Bonchev–Trinajstić information content (AvgIpc) is 2.53.